The monoisotopic (exact) mass is 1060 g/mol. The number of carbonyl (C=O) groups excluding carboxylic acids is 1. The second-order valence-corrected chi connectivity index (χ2v) is 21.8. The molecule has 0 aliphatic carbocycles. The van der Waals surface area contributed by atoms with E-state index >= 15 is 0 Å². The molecule has 14 nitrogen and oxygen atoms in total. The average Bonchev–Trinajstić information content (AvgIpc) is 3.40. The minimum absolute atomic E-state index is 0.244. The smallest absolute Gasteiger partial charge is 0.220 e. The van der Waals surface area contributed by atoms with Crippen LogP contribution >= 0.6 is 0 Å². The molecule has 9 N–H and O–H groups in total. The van der Waals surface area contributed by atoms with Crippen LogP contribution in [0.3, 0.4) is 0 Å². The van der Waals surface area contributed by atoms with Crippen LogP contribution in [-0.4, -0.2) is 140 Å². The summed E-state index contributed by atoms with van der Waals surface area (Å²) in [6.45, 7) is 2.81. The van der Waals surface area contributed by atoms with E-state index in [9.17, 15) is 45.6 Å². The van der Waals surface area contributed by atoms with Crippen molar-refractivity contribution in [1.82, 2.24) is 5.32 Å². The molecule has 0 bridgehead atoms. The predicted octanol–water partition coefficient (Wildman–Crippen LogP) is 10.4. The Kier molecular flexibility index (Phi) is 43.0. The fourth-order valence-electron chi connectivity index (χ4n) is 10.2. The Hall–Kier alpha value is -1.53. The number of hydrogen-bond acceptors (Lipinski definition) is 13. The molecule has 2 rings (SSSR count). The second-order valence-electron chi connectivity index (χ2n) is 21.8. The van der Waals surface area contributed by atoms with Crippen molar-refractivity contribution in [1.29, 1.82) is 0 Å². The average molecular weight is 1060 g/mol. The summed E-state index contributed by atoms with van der Waals surface area (Å²) in [6.07, 6.45) is 37.9. The molecule has 2 aliphatic heterocycles. The SMILES string of the molecule is CCCCCCCCCCCCCCCCC/C=C/CC/C=C/C(O)C(COC1OC(CO)C(OC2OC(CO)C(O)C(O)C2O)C(O)C1O)NC(=O)CCCCCCCCCCCCCCCCCCCCC. The van der Waals surface area contributed by atoms with Crippen LogP contribution < -0.4 is 5.32 Å². The number of hydrogen-bond donors (Lipinski definition) is 9. The maximum absolute atomic E-state index is 13.3. The fraction of sp³-hybridized carbons (Fsp3) is 0.917. The van der Waals surface area contributed by atoms with Gasteiger partial charge in [-0.1, -0.05) is 244 Å². The third-order valence-electron chi connectivity index (χ3n) is 15.1. The van der Waals surface area contributed by atoms with Gasteiger partial charge in [0.1, 0.15) is 48.8 Å². The Bertz CT molecular complexity index is 1340. The van der Waals surface area contributed by atoms with E-state index in [1.165, 1.54) is 193 Å². The quantitative estimate of drug-likeness (QED) is 0.0204. The number of amides is 1. The molecule has 1 amide bonds. The summed E-state index contributed by atoms with van der Waals surface area (Å²) in [5, 5.41) is 87.1. The number of allylic oxidation sites excluding steroid dienone is 3. The number of rotatable bonds is 49. The molecule has 0 aromatic heterocycles. The number of aliphatic hydroxyl groups is 8. The number of carbonyl (C=O) groups is 1. The topological polar surface area (TPSA) is 228 Å². The highest BCUT2D eigenvalue weighted by atomic mass is 16.7. The van der Waals surface area contributed by atoms with Crippen molar-refractivity contribution in [2.45, 2.75) is 331 Å². The van der Waals surface area contributed by atoms with Gasteiger partial charge in [0.25, 0.3) is 0 Å². The molecule has 12 atom stereocenters. The van der Waals surface area contributed by atoms with Crippen LogP contribution in [0, 0.1) is 0 Å². The number of aliphatic hydroxyl groups excluding tert-OH is 8. The molecule has 0 aromatic rings. The number of nitrogens with one attached hydrogen (secondary N) is 1. The summed E-state index contributed by atoms with van der Waals surface area (Å²) in [4.78, 5) is 13.3. The molecule has 0 aromatic carbocycles. The number of ether oxygens (including phenoxy) is 4. The highest BCUT2D eigenvalue weighted by Gasteiger charge is 2.51. The molecular formula is C60H113NO13. The largest absolute Gasteiger partial charge is 0.394 e. The van der Waals surface area contributed by atoms with Crippen LogP contribution in [0.25, 0.3) is 0 Å². The first kappa shape index (κ1) is 68.6. The highest BCUT2D eigenvalue weighted by molar-refractivity contribution is 5.76. The summed E-state index contributed by atoms with van der Waals surface area (Å²) < 4.78 is 22.8. The lowest BCUT2D eigenvalue weighted by atomic mass is 9.97. The van der Waals surface area contributed by atoms with Gasteiger partial charge in [-0.15, -0.1) is 0 Å². The Morgan fingerprint density at radius 2 is 0.865 bits per heavy atom. The third-order valence-corrected chi connectivity index (χ3v) is 15.1. The first-order chi connectivity index (χ1) is 36.1. The molecule has 436 valence electrons. The maximum Gasteiger partial charge on any atom is 0.220 e. The molecule has 74 heavy (non-hydrogen) atoms. The van der Waals surface area contributed by atoms with Gasteiger partial charge in [-0.2, -0.15) is 0 Å². The maximum atomic E-state index is 13.3. The van der Waals surface area contributed by atoms with Crippen LogP contribution in [0.4, 0.5) is 0 Å². The van der Waals surface area contributed by atoms with Crippen LogP contribution in [0.2, 0.25) is 0 Å². The van der Waals surface area contributed by atoms with E-state index in [0.717, 1.165) is 32.1 Å². The molecule has 0 saturated carbocycles. The van der Waals surface area contributed by atoms with Crippen LogP contribution in [0.1, 0.15) is 258 Å². The van der Waals surface area contributed by atoms with E-state index in [0.29, 0.717) is 12.8 Å². The van der Waals surface area contributed by atoms with Gasteiger partial charge in [0, 0.05) is 6.42 Å². The van der Waals surface area contributed by atoms with Gasteiger partial charge in [0.2, 0.25) is 5.91 Å². The van der Waals surface area contributed by atoms with E-state index in [1.807, 2.05) is 6.08 Å². The number of unbranched alkanes of at least 4 members (excludes halogenated alkanes) is 34. The van der Waals surface area contributed by atoms with Gasteiger partial charge in [-0.05, 0) is 32.1 Å². The van der Waals surface area contributed by atoms with Crippen molar-refractivity contribution in [3.63, 3.8) is 0 Å². The summed E-state index contributed by atoms with van der Waals surface area (Å²) in [7, 11) is 0. The fourth-order valence-corrected chi connectivity index (χ4v) is 10.2. The van der Waals surface area contributed by atoms with Crippen molar-refractivity contribution in [2.75, 3.05) is 19.8 Å². The Labute approximate surface area is 449 Å². The Morgan fingerprint density at radius 3 is 1.32 bits per heavy atom. The van der Waals surface area contributed by atoms with Crippen LogP contribution in [0.15, 0.2) is 24.3 Å². The third kappa shape index (κ3) is 31.8. The summed E-state index contributed by atoms with van der Waals surface area (Å²) >= 11 is 0. The first-order valence-corrected chi connectivity index (χ1v) is 30.6. The normalized spacial score (nSPS) is 25.3. The molecule has 2 heterocycles. The zero-order valence-electron chi connectivity index (χ0n) is 46.8. The summed E-state index contributed by atoms with van der Waals surface area (Å²) in [6, 6.07) is -0.927. The molecule has 14 heteroatoms. The molecule has 2 saturated heterocycles. The standard InChI is InChI=1S/C60H113NO13/c1-3-5-7-9-11-13-15-17-19-21-23-24-26-27-29-31-33-35-37-39-41-43-49(64)48(61-52(65)44-42-40-38-36-34-32-30-28-25-22-20-18-16-14-12-10-8-6-4-2)47-71-59-57(70)55(68)58(51(46-63)73-59)74-60-56(69)54(67)53(66)50(45-62)72-60/h33,35,41,43,48-51,53-60,62-64,66-70H,3-32,34,36-40,42,44-47H2,1-2H3,(H,61,65)/b35-33+,43-41+. The lowest BCUT2D eigenvalue weighted by molar-refractivity contribution is -0.359. The highest BCUT2D eigenvalue weighted by Crippen LogP contribution is 2.30. The van der Waals surface area contributed by atoms with Gasteiger partial charge in [0.05, 0.1) is 32.0 Å². The first-order valence-electron chi connectivity index (χ1n) is 30.6. The predicted molar refractivity (Wildman–Crippen MR) is 295 cm³/mol. The van der Waals surface area contributed by atoms with Gasteiger partial charge in [-0.3, -0.25) is 4.79 Å². The van der Waals surface area contributed by atoms with Crippen molar-refractivity contribution in [2.24, 2.45) is 0 Å². The van der Waals surface area contributed by atoms with Crippen molar-refractivity contribution >= 4 is 5.91 Å². The van der Waals surface area contributed by atoms with Gasteiger partial charge >= 0.3 is 0 Å². The van der Waals surface area contributed by atoms with Crippen molar-refractivity contribution < 1.29 is 64.6 Å². The van der Waals surface area contributed by atoms with Crippen molar-refractivity contribution in [3.8, 4) is 0 Å². The molecule has 0 radical (unpaired) electrons. The summed E-state index contributed by atoms with van der Waals surface area (Å²) in [5.74, 6) is -0.244. The van der Waals surface area contributed by atoms with E-state index in [4.69, 9.17) is 18.9 Å². The molecule has 0 spiro atoms. The minimum Gasteiger partial charge on any atom is -0.394 e. The zero-order chi connectivity index (χ0) is 53.9. The van der Waals surface area contributed by atoms with Gasteiger partial charge in [-0.25, -0.2) is 0 Å². The molecule has 12 unspecified atom stereocenters. The Balaban J connectivity index is 1.78. The molecular weight excluding hydrogens is 943 g/mol. The van der Waals surface area contributed by atoms with Crippen LogP contribution in [0.5, 0.6) is 0 Å². The van der Waals surface area contributed by atoms with E-state index in [-0.39, 0.29) is 18.9 Å². The lowest BCUT2D eigenvalue weighted by Crippen LogP contribution is -2.65. The minimum atomic E-state index is -1.79. The van der Waals surface area contributed by atoms with Crippen LogP contribution in [-0.2, 0) is 23.7 Å². The van der Waals surface area contributed by atoms with E-state index in [2.05, 4.69) is 31.3 Å². The van der Waals surface area contributed by atoms with E-state index < -0.39 is 86.8 Å². The second kappa shape index (κ2) is 46.4. The molecule has 2 aliphatic rings. The molecule has 2 fully saturated rings. The zero-order valence-corrected chi connectivity index (χ0v) is 46.8. The lowest BCUT2D eigenvalue weighted by Gasteiger charge is -2.46. The van der Waals surface area contributed by atoms with Gasteiger partial charge in [0.15, 0.2) is 12.6 Å². The summed E-state index contributed by atoms with van der Waals surface area (Å²) in [5.41, 5.74) is 0. The van der Waals surface area contributed by atoms with E-state index in [1.54, 1.807) is 6.08 Å². The Morgan fingerprint density at radius 1 is 0.473 bits per heavy atom. The van der Waals surface area contributed by atoms with Crippen molar-refractivity contribution in [3.05, 3.63) is 24.3 Å². The van der Waals surface area contributed by atoms with Gasteiger partial charge < -0.3 is 65.1 Å².